The van der Waals surface area contributed by atoms with Gasteiger partial charge >= 0.3 is 0 Å². The van der Waals surface area contributed by atoms with E-state index in [0.717, 1.165) is 13.0 Å². The van der Waals surface area contributed by atoms with E-state index in [9.17, 15) is 4.79 Å². The van der Waals surface area contributed by atoms with Crippen LogP contribution in [0.25, 0.3) is 0 Å². The van der Waals surface area contributed by atoms with Gasteiger partial charge in [-0.1, -0.05) is 13.8 Å². The molecule has 1 aliphatic rings. The van der Waals surface area contributed by atoms with Crippen LogP contribution in [-0.2, 0) is 4.79 Å². The first kappa shape index (κ1) is 7.58. The third-order valence-corrected chi connectivity index (χ3v) is 2.42. The second-order valence-corrected chi connectivity index (χ2v) is 3.30. The Morgan fingerprint density at radius 1 is 1.40 bits per heavy atom. The van der Waals surface area contributed by atoms with Gasteiger partial charge in [0.1, 0.15) is 0 Å². The lowest BCUT2D eigenvalue weighted by molar-refractivity contribution is -0.120. The second kappa shape index (κ2) is 3.04. The number of carbonyl (C=O) groups is 1. The Morgan fingerprint density at radius 3 is 2.80 bits per heavy atom. The fourth-order valence-electron chi connectivity index (χ4n) is 1.21. The molecule has 1 N–H and O–H groups in total. The molecule has 0 aromatic rings. The minimum atomic E-state index is 0.219. The van der Waals surface area contributed by atoms with E-state index in [1.165, 1.54) is 0 Å². The van der Waals surface area contributed by atoms with Crippen LogP contribution in [0, 0.1) is 11.8 Å². The van der Waals surface area contributed by atoms with E-state index in [2.05, 4.69) is 19.2 Å². The van der Waals surface area contributed by atoms with E-state index in [1.54, 1.807) is 0 Å². The van der Waals surface area contributed by atoms with Crippen LogP contribution < -0.4 is 5.32 Å². The molecule has 1 aliphatic heterocycles. The molecule has 1 heterocycles. The first-order valence-corrected chi connectivity index (χ1v) is 3.97. The van der Waals surface area contributed by atoms with E-state index < -0.39 is 0 Å². The maximum atomic E-state index is 10.9. The second-order valence-electron chi connectivity index (χ2n) is 3.30. The van der Waals surface area contributed by atoms with Gasteiger partial charge in [0.2, 0.25) is 5.91 Å². The van der Waals surface area contributed by atoms with Crippen LogP contribution in [0.2, 0.25) is 0 Å². The fourth-order valence-corrected chi connectivity index (χ4v) is 1.21. The van der Waals surface area contributed by atoms with Crippen molar-refractivity contribution in [2.45, 2.75) is 26.7 Å². The summed E-state index contributed by atoms with van der Waals surface area (Å²) in [7, 11) is 0. The zero-order chi connectivity index (χ0) is 7.56. The van der Waals surface area contributed by atoms with Gasteiger partial charge in [0.15, 0.2) is 0 Å². The summed E-state index contributed by atoms with van der Waals surface area (Å²) in [5, 5.41) is 2.89. The van der Waals surface area contributed by atoms with E-state index in [4.69, 9.17) is 0 Å². The number of hydrogen-bond acceptors (Lipinski definition) is 1. The Morgan fingerprint density at radius 2 is 2.10 bits per heavy atom. The average molecular weight is 141 g/mol. The highest BCUT2D eigenvalue weighted by Crippen LogP contribution is 2.18. The van der Waals surface area contributed by atoms with Crippen LogP contribution in [0.1, 0.15) is 26.7 Å². The lowest BCUT2D eigenvalue weighted by Gasteiger charge is -2.14. The van der Waals surface area contributed by atoms with Crippen LogP contribution in [0.4, 0.5) is 0 Å². The molecule has 2 nitrogen and oxygen atoms in total. The molecule has 2 atom stereocenters. The van der Waals surface area contributed by atoms with Gasteiger partial charge in [-0.2, -0.15) is 0 Å². The molecular formula is C8H15NO. The molecule has 1 amide bonds. The third-order valence-electron chi connectivity index (χ3n) is 2.42. The summed E-state index contributed by atoms with van der Waals surface area (Å²) in [6, 6.07) is 0. The molecule has 0 aromatic heterocycles. The lowest BCUT2D eigenvalue weighted by Crippen LogP contribution is -2.25. The van der Waals surface area contributed by atoms with Crippen molar-refractivity contribution in [2.24, 2.45) is 11.8 Å². The van der Waals surface area contributed by atoms with Crippen molar-refractivity contribution < 1.29 is 4.79 Å². The summed E-state index contributed by atoms with van der Waals surface area (Å²) in [6.45, 7) is 5.27. The lowest BCUT2D eigenvalue weighted by atomic mass is 9.93. The zero-order valence-corrected chi connectivity index (χ0v) is 6.68. The standard InChI is InChI=1S/C8H15NO/c1-6-3-4-8(10)9-5-7(6)2/h6-7H,3-5H2,1-2H3,(H,9,10). The third kappa shape index (κ3) is 1.72. The smallest absolute Gasteiger partial charge is 0.220 e. The molecule has 2 unspecified atom stereocenters. The van der Waals surface area contributed by atoms with Crippen LogP contribution in [0.3, 0.4) is 0 Å². The molecule has 58 valence electrons. The van der Waals surface area contributed by atoms with E-state index in [1.807, 2.05) is 0 Å². The van der Waals surface area contributed by atoms with Gasteiger partial charge < -0.3 is 5.32 Å². The highest BCUT2D eigenvalue weighted by atomic mass is 16.1. The van der Waals surface area contributed by atoms with Gasteiger partial charge in [0.05, 0.1) is 0 Å². The van der Waals surface area contributed by atoms with Gasteiger partial charge in [0.25, 0.3) is 0 Å². The Hall–Kier alpha value is -0.530. The monoisotopic (exact) mass is 141 g/mol. The molecule has 1 rings (SSSR count). The van der Waals surface area contributed by atoms with Crippen molar-refractivity contribution in [3.63, 3.8) is 0 Å². The quantitative estimate of drug-likeness (QED) is 0.539. The Bertz CT molecular complexity index is 119. The molecule has 0 saturated carbocycles. The van der Waals surface area contributed by atoms with Gasteiger partial charge in [-0.25, -0.2) is 0 Å². The van der Waals surface area contributed by atoms with Crippen LogP contribution in [0.5, 0.6) is 0 Å². The Kier molecular flexibility index (Phi) is 2.30. The molecule has 0 spiro atoms. The van der Waals surface area contributed by atoms with E-state index >= 15 is 0 Å². The molecular weight excluding hydrogens is 126 g/mol. The number of amides is 1. The molecule has 10 heavy (non-hydrogen) atoms. The topological polar surface area (TPSA) is 29.1 Å². The van der Waals surface area contributed by atoms with Crippen molar-refractivity contribution in [1.29, 1.82) is 0 Å². The van der Waals surface area contributed by atoms with Crippen molar-refractivity contribution in [3.8, 4) is 0 Å². The predicted octanol–water partition coefficient (Wildman–Crippen LogP) is 1.17. The Balaban J connectivity index is 2.46. The summed E-state index contributed by atoms with van der Waals surface area (Å²) in [6.07, 6.45) is 1.76. The minimum absolute atomic E-state index is 0.219. The molecule has 1 fully saturated rings. The number of nitrogens with one attached hydrogen (secondary N) is 1. The first-order chi connectivity index (χ1) is 4.70. The van der Waals surface area contributed by atoms with Crippen LogP contribution >= 0.6 is 0 Å². The SMILES string of the molecule is CC1CCC(=O)NCC1C. The zero-order valence-electron chi connectivity index (χ0n) is 6.68. The maximum Gasteiger partial charge on any atom is 0.220 e. The van der Waals surface area contributed by atoms with Crippen molar-refractivity contribution in [3.05, 3.63) is 0 Å². The van der Waals surface area contributed by atoms with Crippen LogP contribution in [0.15, 0.2) is 0 Å². The predicted molar refractivity (Wildman–Crippen MR) is 40.6 cm³/mol. The van der Waals surface area contributed by atoms with Gasteiger partial charge in [-0.3, -0.25) is 4.79 Å². The molecule has 0 aliphatic carbocycles. The summed E-state index contributed by atoms with van der Waals surface area (Å²) < 4.78 is 0. The largest absolute Gasteiger partial charge is 0.356 e. The molecule has 1 saturated heterocycles. The molecule has 0 radical (unpaired) electrons. The molecule has 0 aromatic carbocycles. The van der Waals surface area contributed by atoms with Gasteiger partial charge in [-0.05, 0) is 18.3 Å². The first-order valence-electron chi connectivity index (χ1n) is 3.97. The highest BCUT2D eigenvalue weighted by Gasteiger charge is 2.18. The average Bonchev–Trinajstić information content (AvgIpc) is 2.04. The van der Waals surface area contributed by atoms with Crippen molar-refractivity contribution >= 4 is 5.91 Å². The number of hydrogen-bond donors (Lipinski definition) is 1. The summed E-state index contributed by atoms with van der Waals surface area (Å²) in [4.78, 5) is 10.9. The maximum absolute atomic E-state index is 10.9. The highest BCUT2D eigenvalue weighted by molar-refractivity contribution is 5.76. The van der Waals surface area contributed by atoms with E-state index in [-0.39, 0.29) is 5.91 Å². The van der Waals surface area contributed by atoms with Crippen LogP contribution in [-0.4, -0.2) is 12.5 Å². The van der Waals surface area contributed by atoms with Gasteiger partial charge in [0, 0.05) is 13.0 Å². The van der Waals surface area contributed by atoms with Crippen molar-refractivity contribution in [2.75, 3.05) is 6.54 Å². The fraction of sp³-hybridized carbons (Fsp3) is 0.875. The normalized spacial score (nSPS) is 34.8. The molecule has 2 heteroatoms. The molecule has 0 bridgehead atoms. The summed E-state index contributed by atoms with van der Waals surface area (Å²) >= 11 is 0. The van der Waals surface area contributed by atoms with Gasteiger partial charge in [-0.15, -0.1) is 0 Å². The minimum Gasteiger partial charge on any atom is -0.356 e. The summed E-state index contributed by atoms with van der Waals surface area (Å²) in [5.41, 5.74) is 0. The van der Waals surface area contributed by atoms with E-state index in [0.29, 0.717) is 18.3 Å². The Labute approximate surface area is 62.0 Å². The number of carbonyl (C=O) groups excluding carboxylic acids is 1. The van der Waals surface area contributed by atoms with Crippen molar-refractivity contribution in [1.82, 2.24) is 5.32 Å². The summed E-state index contributed by atoms with van der Waals surface area (Å²) in [5.74, 6) is 1.56. The number of rotatable bonds is 0.